The highest BCUT2D eigenvalue weighted by molar-refractivity contribution is 7.92. The summed E-state index contributed by atoms with van der Waals surface area (Å²) in [6, 6.07) is 15.9. The van der Waals surface area contributed by atoms with Gasteiger partial charge in [-0.15, -0.1) is 0 Å². The SMILES string of the molecule is CC(CF)NCc1ccc(-c2cc(-c3nc(-c4ccc(S(=O)(=O)C5CCOCC5)cc4)cnc3N)on2)cc1. The molecule has 2 aromatic carbocycles. The lowest BCUT2D eigenvalue weighted by Gasteiger charge is -2.22. The van der Waals surface area contributed by atoms with Gasteiger partial charge in [-0.1, -0.05) is 41.6 Å². The molecule has 204 valence electrons. The van der Waals surface area contributed by atoms with Crippen molar-refractivity contribution in [2.24, 2.45) is 0 Å². The molecule has 0 amide bonds. The van der Waals surface area contributed by atoms with E-state index in [1.165, 1.54) is 6.20 Å². The van der Waals surface area contributed by atoms with Crippen molar-refractivity contribution in [3.05, 3.63) is 66.4 Å². The van der Waals surface area contributed by atoms with E-state index in [1.54, 1.807) is 37.3 Å². The molecule has 1 fully saturated rings. The summed E-state index contributed by atoms with van der Waals surface area (Å²) in [5.41, 5.74) is 10.1. The van der Waals surface area contributed by atoms with Crippen molar-refractivity contribution in [3.8, 4) is 34.0 Å². The van der Waals surface area contributed by atoms with E-state index in [4.69, 9.17) is 15.0 Å². The van der Waals surface area contributed by atoms with Crippen molar-refractivity contribution < 1.29 is 22.1 Å². The maximum absolute atomic E-state index is 13.0. The smallest absolute Gasteiger partial charge is 0.189 e. The average molecular weight is 552 g/mol. The number of nitrogens with zero attached hydrogens (tertiary/aromatic N) is 3. The molecule has 39 heavy (non-hydrogen) atoms. The number of alkyl halides is 1. The Bertz CT molecular complexity index is 1520. The fraction of sp³-hybridized carbons (Fsp3) is 0.321. The molecule has 3 heterocycles. The molecule has 0 bridgehead atoms. The second-order valence-corrected chi connectivity index (χ2v) is 11.8. The molecule has 11 heteroatoms. The molecule has 0 aliphatic carbocycles. The van der Waals surface area contributed by atoms with E-state index >= 15 is 0 Å². The number of nitrogen functional groups attached to an aromatic ring is 1. The zero-order valence-electron chi connectivity index (χ0n) is 21.5. The van der Waals surface area contributed by atoms with E-state index in [0.29, 0.717) is 61.0 Å². The maximum Gasteiger partial charge on any atom is 0.189 e. The van der Waals surface area contributed by atoms with Crippen LogP contribution in [0.3, 0.4) is 0 Å². The van der Waals surface area contributed by atoms with Gasteiger partial charge in [0.1, 0.15) is 12.4 Å². The van der Waals surface area contributed by atoms with Gasteiger partial charge in [0.2, 0.25) is 0 Å². The fourth-order valence-electron chi connectivity index (χ4n) is 4.38. The Morgan fingerprint density at radius 2 is 1.72 bits per heavy atom. The van der Waals surface area contributed by atoms with Crippen LogP contribution in [-0.2, 0) is 21.1 Å². The van der Waals surface area contributed by atoms with Crippen LogP contribution >= 0.6 is 0 Å². The van der Waals surface area contributed by atoms with Crippen LogP contribution in [0.5, 0.6) is 0 Å². The highest BCUT2D eigenvalue weighted by Gasteiger charge is 2.29. The first-order chi connectivity index (χ1) is 18.8. The number of ether oxygens (including phenoxy) is 1. The topological polar surface area (TPSA) is 133 Å². The highest BCUT2D eigenvalue weighted by atomic mass is 32.2. The van der Waals surface area contributed by atoms with Crippen LogP contribution in [0.1, 0.15) is 25.3 Å². The zero-order valence-corrected chi connectivity index (χ0v) is 22.3. The fourth-order valence-corrected chi connectivity index (χ4v) is 6.09. The molecule has 1 aliphatic rings. The molecule has 1 saturated heterocycles. The van der Waals surface area contributed by atoms with Gasteiger partial charge in [-0.2, -0.15) is 0 Å². The zero-order chi connectivity index (χ0) is 27.4. The summed E-state index contributed by atoms with van der Waals surface area (Å²) in [6.45, 7) is 2.86. The predicted molar refractivity (Wildman–Crippen MR) is 146 cm³/mol. The molecular weight excluding hydrogens is 521 g/mol. The lowest BCUT2D eigenvalue weighted by atomic mass is 10.1. The van der Waals surface area contributed by atoms with E-state index in [2.05, 4.69) is 20.4 Å². The minimum absolute atomic E-state index is 0.184. The summed E-state index contributed by atoms with van der Waals surface area (Å²) in [6.07, 6.45) is 2.53. The molecule has 5 rings (SSSR count). The van der Waals surface area contributed by atoms with E-state index < -0.39 is 21.8 Å². The van der Waals surface area contributed by atoms with E-state index in [1.807, 2.05) is 24.3 Å². The molecule has 0 spiro atoms. The summed E-state index contributed by atoms with van der Waals surface area (Å²) < 4.78 is 49.5. The summed E-state index contributed by atoms with van der Waals surface area (Å²) in [4.78, 5) is 9.19. The molecule has 2 aromatic heterocycles. The minimum Gasteiger partial charge on any atom is -0.382 e. The van der Waals surface area contributed by atoms with Gasteiger partial charge in [0.25, 0.3) is 0 Å². The van der Waals surface area contributed by atoms with Crippen molar-refractivity contribution in [3.63, 3.8) is 0 Å². The molecule has 0 saturated carbocycles. The van der Waals surface area contributed by atoms with Crippen LogP contribution in [0.2, 0.25) is 0 Å². The average Bonchev–Trinajstić information content (AvgIpc) is 3.47. The molecular formula is C28H30FN5O4S. The van der Waals surface area contributed by atoms with Gasteiger partial charge >= 0.3 is 0 Å². The Morgan fingerprint density at radius 3 is 2.41 bits per heavy atom. The summed E-state index contributed by atoms with van der Waals surface area (Å²) >= 11 is 0. The molecule has 3 N–H and O–H groups in total. The largest absolute Gasteiger partial charge is 0.382 e. The number of nitrogens with two attached hydrogens (primary N) is 1. The number of aromatic nitrogens is 3. The number of sulfone groups is 1. The number of hydrogen-bond donors (Lipinski definition) is 2. The monoisotopic (exact) mass is 551 g/mol. The number of halogens is 1. The molecule has 1 aliphatic heterocycles. The maximum atomic E-state index is 13.0. The summed E-state index contributed by atoms with van der Waals surface area (Å²) in [7, 11) is -3.43. The first kappa shape index (κ1) is 26.9. The summed E-state index contributed by atoms with van der Waals surface area (Å²) in [5.74, 6) is 0.543. The van der Waals surface area contributed by atoms with Crippen molar-refractivity contribution in [2.45, 2.75) is 42.5 Å². The van der Waals surface area contributed by atoms with Crippen LogP contribution in [0.25, 0.3) is 34.0 Å². The highest BCUT2D eigenvalue weighted by Crippen LogP contribution is 2.31. The van der Waals surface area contributed by atoms with E-state index in [0.717, 1.165) is 11.1 Å². The Morgan fingerprint density at radius 1 is 1.05 bits per heavy atom. The first-order valence-electron chi connectivity index (χ1n) is 12.8. The van der Waals surface area contributed by atoms with Gasteiger partial charge in [-0.3, -0.25) is 0 Å². The van der Waals surface area contributed by atoms with Gasteiger partial charge < -0.3 is 20.3 Å². The van der Waals surface area contributed by atoms with Gasteiger partial charge in [0.05, 0.1) is 22.0 Å². The second-order valence-electron chi connectivity index (χ2n) is 9.58. The molecule has 0 radical (unpaired) electrons. The molecule has 9 nitrogen and oxygen atoms in total. The lowest BCUT2D eigenvalue weighted by Crippen LogP contribution is -2.28. The van der Waals surface area contributed by atoms with E-state index in [9.17, 15) is 12.8 Å². The second kappa shape index (κ2) is 11.6. The third-order valence-electron chi connectivity index (χ3n) is 6.77. The van der Waals surface area contributed by atoms with Gasteiger partial charge in [0.15, 0.2) is 27.1 Å². The van der Waals surface area contributed by atoms with Crippen molar-refractivity contribution in [2.75, 3.05) is 25.6 Å². The van der Waals surface area contributed by atoms with Crippen LogP contribution < -0.4 is 11.1 Å². The van der Waals surface area contributed by atoms with Gasteiger partial charge in [0, 0.05) is 43.0 Å². The number of rotatable bonds is 9. The van der Waals surface area contributed by atoms with Crippen LogP contribution in [0.15, 0.2) is 70.2 Å². The number of hydrogen-bond acceptors (Lipinski definition) is 9. The van der Waals surface area contributed by atoms with Crippen LogP contribution in [0.4, 0.5) is 10.2 Å². The Hall–Kier alpha value is -3.67. The Kier molecular flexibility index (Phi) is 8.01. The molecule has 1 unspecified atom stereocenters. The van der Waals surface area contributed by atoms with Gasteiger partial charge in [-0.25, -0.2) is 22.8 Å². The number of benzene rings is 2. The standard InChI is InChI=1S/C28H30FN5O4S/c1-18(15-29)31-16-19-2-4-20(5-3-19)24-14-26(38-34-24)27-28(30)32-17-25(33-27)21-6-8-22(9-7-21)39(35,36)23-10-12-37-13-11-23/h2-9,14,17-18,23,31H,10-13,15-16H2,1H3,(H2,30,32). The first-order valence-corrected chi connectivity index (χ1v) is 14.3. The Labute approximate surface area is 226 Å². The third kappa shape index (κ3) is 6.00. The lowest BCUT2D eigenvalue weighted by molar-refractivity contribution is 0.0983. The van der Waals surface area contributed by atoms with Crippen molar-refractivity contribution in [1.29, 1.82) is 0 Å². The van der Waals surface area contributed by atoms with Crippen LogP contribution in [0, 0.1) is 0 Å². The van der Waals surface area contributed by atoms with Crippen LogP contribution in [-0.4, -0.2) is 54.7 Å². The molecule has 1 atom stereocenters. The minimum atomic E-state index is -3.43. The quantitative estimate of drug-likeness (QED) is 0.309. The number of nitrogens with one attached hydrogen (secondary N) is 1. The van der Waals surface area contributed by atoms with Gasteiger partial charge in [-0.05, 0) is 37.5 Å². The van der Waals surface area contributed by atoms with Crippen molar-refractivity contribution in [1.82, 2.24) is 20.4 Å². The van der Waals surface area contributed by atoms with Crippen molar-refractivity contribution >= 4 is 15.7 Å². The third-order valence-corrected chi connectivity index (χ3v) is 9.04. The molecule has 4 aromatic rings. The summed E-state index contributed by atoms with van der Waals surface area (Å²) in [5, 5.41) is 6.85. The normalized spacial score (nSPS) is 15.3. The Balaban J connectivity index is 1.34. The predicted octanol–water partition coefficient (Wildman–Crippen LogP) is 4.45. The van der Waals surface area contributed by atoms with E-state index in [-0.39, 0.29) is 16.8 Å². The number of anilines is 1.